The number of nitrogens with one attached hydrogen (secondary N) is 1. The van der Waals surface area contributed by atoms with Gasteiger partial charge in [0, 0.05) is 43.2 Å². The van der Waals surface area contributed by atoms with Crippen LogP contribution in [0.2, 0.25) is 5.02 Å². The van der Waals surface area contributed by atoms with Crippen molar-refractivity contribution in [1.82, 2.24) is 14.9 Å². The molecule has 0 saturated carbocycles. The zero-order valence-electron chi connectivity index (χ0n) is 19.8. The molecule has 0 atom stereocenters. The van der Waals surface area contributed by atoms with Crippen LogP contribution in [-0.4, -0.2) is 47.0 Å². The van der Waals surface area contributed by atoms with Gasteiger partial charge in [-0.25, -0.2) is 4.98 Å². The van der Waals surface area contributed by atoms with Gasteiger partial charge in [0.2, 0.25) is 0 Å². The van der Waals surface area contributed by atoms with E-state index < -0.39 is 0 Å². The van der Waals surface area contributed by atoms with Gasteiger partial charge in [-0.15, -0.1) is 0 Å². The molecule has 5 rings (SSSR count). The molecule has 0 bridgehead atoms. The van der Waals surface area contributed by atoms with E-state index in [-0.39, 0.29) is 5.78 Å². The minimum Gasteiger partial charge on any atom is -0.379 e. The van der Waals surface area contributed by atoms with E-state index in [0.717, 1.165) is 77.4 Å². The molecule has 2 aromatic heterocycles. The molecule has 5 nitrogen and oxygen atoms in total. The van der Waals surface area contributed by atoms with E-state index in [0.29, 0.717) is 11.4 Å². The number of hydrogen-bond donors (Lipinski definition) is 1. The number of pyridine rings is 1. The second kappa shape index (κ2) is 10.2. The summed E-state index contributed by atoms with van der Waals surface area (Å²) >= 11 is 6.70. The molecule has 1 aliphatic heterocycles. The third-order valence-corrected chi connectivity index (χ3v) is 6.91. The summed E-state index contributed by atoms with van der Waals surface area (Å²) < 4.78 is 5.50. The smallest absolute Gasteiger partial charge is 0.159 e. The normalized spacial score (nSPS) is 14.3. The molecule has 3 heterocycles. The number of nitrogens with zero attached hydrogens (tertiary/aromatic N) is 2. The molecule has 6 heteroatoms. The van der Waals surface area contributed by atoms with Gasteiger partial charge in [0.1, 0.15) is 5.65 Å². The lowest BCUT2D eigenvalue weighted by Crippen LogP contribution is -2.35. The number of hydrogen-bond acceptors (Lipinski definition) is 4. The number of rotatable bonds is 7. The van der Waals surface area contributed by atoms with Gasteiger partial charge in [-0.05, 0) is 52.9 Å². The van der Waals surface area contributed by atoms with Crippen molar-refractivity contribution >= 4 is 28.4 Å². The number of aromatic amines is 1. The summed E-state index contributed by atoms with van der Waals surface area (Å²) in [7, 11) is 0. The number of morpholine rings is 1. The molecule has 0 amide bonds. The number of aromatic nitrogens is 2. The van der Waals surface area contributed by atoms with Crippen LogP contribution in [0.15, 0.2) is 67.4 Å². The Morgan fingerprint density at radius 2 is 2.00 bits per heavy atom. The number of carbonyl (C=O) groups is 1. The zero-order valence-corrected chi connectivity index (χ0v) is 20.6. The predicted molar refractivity (Wildman–Crippen MR) is 142 cm³/mol. The quantitative estimate of drug-likeness (QED) is 0.327. The van der Waals surface area contributed by atoms with Crippen LogP contribution >= 0.6 is 11.6 Å². The number of fused-ring (bicyclic) bond motifs is 1. The predicted octanol–water partition coefficient (Wildman–Crippen LogP) is 5.99. The summed E-state index contributed by atoms with van der Waals surface area (Å²) in [5.74, 6) is -0.0000805. The third-order valence-electron chi connectivity index (χ3n) is 6.60. The number of H-pyrrole nitrogens is 1. The molecule has 0 spiro atoms. The van der Waals surface area contributed by atoms with E-state index in [1.165, 1.54) is 11.6 Å². The average Bonchev–Trinajstić information content (AvgIpc) is 3.27. The van der Waals surface area contributed by atoms with E-state index in [1.54, 1.807) is 6.20 Å². The van der Waals surface area contributed by atoms with Crippen LogP contribution in [0.3, 0.4) is 0 Å². The largest absolute Gasteiger partial charge is 0.379 e. The molecule has 0 radical (unpaired) electrons. The number of aryl methyl sites for hydroxylation is 1. The Hall–Kier alpha value is -3.25. The van der Waals surface area contributed by atoms with Crippen LogP contribution < -0.4 is 0 Å². The maximum Gasteiger partial charge on any atom is 0.159 e. The molecule has 4 aromatic rings. The minimum atomic E-state index is -0.0000805. The zero-order chi connectivity index (χ0) is 24.4. The van der Waals surface area contributed by atoms with Gasteiger partial charge in [0.15, 0.2) is 5.78 Å². The summed E-state index contributed by atoms with van der Waals surface area (Å²) in [6.07, 6.45) is 3.42. The first-order chi connectivity index (χ1) is 17.0. The molecule has 178 valence electrons. The van der Waals surface area contributed by atoms with Crippen molar-refractivity contribution in [3.63, 3.8) is 0 Å². The molecular formula is C29H28ClN3O2. The van der Waals surface area contributed by atoms with E-state index in [9.17, 15) is 4.79 Å². The molecule has 1 saturated heterocycles. The number of carbonyl (C=O) groups excluding carboxylic acids is 1. The second-order valence-corrected chi connectivity index (χ2v) is 9.38. The molecule has 0 aliphatic carbocycles. The lowest BCUT2D eigenvalue weighted by atomic mass is 9.93. The van der Waals surface area contributed by atoms with Crippen LogP contribution in [0, 0.1) is 6.92 Å². The van der Waals surface area contributed by atoms with Crippen molar-refractivity contribution in [3.05, 3.63) is 89.1 Å². The first kappa shape index (κ1) is 23.5. The van der Waals surface area contributed by atoms with Gasteiger partial charge in [-0.1, -0.05) is 54.6 Å². The van der Waals surface area contributed by atoms with Crippen molar-refractivity contribution in [2.45, 2.75) is 19.9 Å². The summed E-state index contributed by atoms with van der Waals surface area (Å²) in [5.41, 5.74) is 8.07. The molecular weight excluding hydrogens is 458 g/mol. The summed E-state index contributed by atoms with van der Waals surface area (Å²) in [6, 6.07) is 16.7. The summed E-state index contributed by atoms with van der Waals surface area (Å²) in [5, 5.41) is 1.52. The van der Waals surface area contributed by atoms with E-state index >= 15 is 0 Å². The van der Waals surface area contributed by atoms with Gasteiger partial charge in [0.05, 0.1) is 23.9 Å². The van der Waals surface area contributed by atoms with Gasteiger partial charge < -0.3 is 9.72 Å². The summed E-state index contributed by atoms with van der Waals surface area (Å²) in [4.78, 5) is 22.6. The van der Waals surface area contributed by atoms with Crippen LogP contribution in [0.1, 0.15) is 16.7 Å². The van der Waals surface area contributed by atoms with Crippen LogP contribution in [0.4, 0.5) is 0 Å². The molecule has 1 aliphatic rings. The molecule has 0 unspecified atom stereocenters. The fourth-order valence-corrected chi connectivity index (χ4v) is 4.94. The first-order valence-electron chi connectivity index (χ1n) is 11.8. The van der Waals surface area contributed by atoms with Crippen molar-refractivity contribution in [3.8, 4) is 22.4 Å². The van der Waals surface area contributed by atoms with E-state index in [2.05, 4.69) is 63.9 Å². The molecule has 2 aromatic carbocycles. The minimum absolute atomic E-state index is 0.0000805. The number of ketones is 1. The first-order valence-corrected chi connectivity index (χ1v) is 12.2. The van der Waals surface area contributed by atoms with Crippen molar-refractivity contribution in [2.75, 3.05) is 26.3 Å². The highest BCUT2D eigenvalue weighted by molar-refractivity contribution is 6.36. The lowest BCUT2D eigenvalue weighted by molar-refractivity contribution is -0.114. The monoisotopic (exact) mass is 485 g/mol. The topological polar surface area (TPSA) is 58.2 Å². The standard InChI is InChI=1S/C29H28ClN3O2/c1-3-24(34)17-23-16-21(8-7-19(23)2)26-27-25(30)9-10-31-29(27)32-28(26)22-6-4-5-20(15-22)18-33-11-13-35-14-12-33/h3-10,15-16H,1,11-14,17-18H2,2H3,(H,31,32). The fraction of sp³-hybridized carbons (Fsp3) is 0.241. The van der Waals surface area contributed by atoms with Crippen LogP contribution in [0.25, 0.3) is 33.4 Å². The van der Waals surface area contributed by atoms with Crippen LogP contribution in [0.5, 0.6) is 0 Å². The Bertz CT molecular complexity index is 1400. The summed E-state index contributed by atoms with van der Waals surface area (Å²) in [6.45, 7) is 9.97. The van der Waals surface area contributed by atoms with Gasteiger partial charge in [0.25, 0.3) is 0 Å². The second-order valence-electron chi connectivity index (χ2n) is 8.97. The van der Waals surface area contributed by atoms with E-state index in [4.69, 9.17) is 16.3 Å². The molecule has 35 heavy (non-hydrogen) atoms. The Morgan fingerprint density at radius 1 is 1.17 bits per heavy atom. The number of allylic oxidation sites excluding steroid dienone is 1. The number of ether oxygens (including phenoxy) is 1. The SMILES string of the molecule is C=CC(=O)Cc1cc(-c2c(-c3cccc(CN4CCOCC4)c3)[nH]c3nccc(Cl)c23)ccc1C. The Kier molecular flexibility index (Phi) is 6.82. The maximum atomic E-state index is 12.1. The highest BCUT2D eigenvalue weighted by Crippen LogP contribution is 2.41. The highest BCUT2D eigenvalue weighted by Gasteiger charge is 2.20. The van der Waals surface area contributed by atoms with Gasteiger partial charge in [-0.3, -0.25) is 9.69 Å². The van der Waals surface area contributed by atoms with Crippen molar-refractivity contribution < 1.29 is 9.53 Å². The lowest BCUT2D eigenvalue weighted by Gasteiger charge is -2.26. The number of benzene rings is 2. The van der Waals surface area contributed by atoms with Crippen molar-refractivity contribution in [1.29, 1.82) is 0 Å². The molecule has 1 fully saturated rings. The van der Waals surface area contributed by atoms with Gasteiger partial charge >= 0.3 is 0 Å². The van der Waals surface area contributed by atoms with Crippen LogP contribution in [-0.2, 0) is 22.5 Å². The Morgan fingerprint density at radius 3 is 2.80 bits per heavy atom. The maximum absolute atomic E-state index is 12.1. The Labute approximate surface area is 210 Å². The average molecular weight is 486 g/mol. The Balaban J connectivity index is 1.63. The highest BCUT2D eigenvalue weighted by atomic mass is 35.5. The van der Waals surface area contributed by atoms with Crippen molar-refractivity contribution in [2.24, 2.45) is 0 Å². The molecule has 1 N–H and O–H groups in total. The van der Waals surface area contributed by atoms with Gasteiger partial charge in [-0.2, -0.15) is 0 Å². The van der Waals surface area contributed by atoms with E-state index in [1.807, 2.05) is 13.0 Å². The number of halogens is 1. The fourth-order valence-electron chi connectivity index (χ4n) is 4.70. The third kappa shape index (κ3) is 4.94.